The Balaban J connectivity index is 4.95. The molecule has 1 unspecified atom stereocenters. The Hall–Kier alpha value is -1.26. The van der Waals surface area contributed by atoms with E-state index < -0.39 is 16.9 Å². The molecule has 0 aromatic heterocycles. The molecule has 0 spiro atoms. The number of urea groups is 1. The summed E-state index contributed by atoms with van der Waals surface area (Å²) in [4.78, 5) is 25.1. The summed E-state index contributed by atoms with van der Waals surface area (Å²) in [6.07, 6.45) is 0. The molecule has 0 saturated carbocycles. The molecule has 1 atom stereocenters. The number of carbonyl (C=O) groups is 2. The van der Waals surface area contributed by atoms with Gasteiger partial charge in [-0.25, -0.2) is 4.79 Å². The summed E-state index contributed by atoms with van der Waals surface area (Å²) in [5.41, 5.74) is -1.90. The molecule has 0 radical (unpaired) electrons. The van der Waals surface area contributed by atoms with Crippen LogP contribution in [0.4, 0.5) is 4.79 Å². The zero-order valence-electron chi connectivity index (χ0n) is 13.4. The summed E-state index contributed by atoms with van der Waals surface area (Å²) >= 11 is 0. The topological polar surface area (TPSA) is 69.6 Å². The first-order valence-electron chi connectivity index (χ1n) is 6.63. The normalized spacial score (nSPS) is 14.2. The van der Waals surface area contributed by atoms with Crippen LogP contribution < -0.4 is 5.32 Å². The minimum atomic E-state index is -1.05. The smallest absolute Gasteiger partial charge is 0.317 e. The van der Waals surface area contributed by atoms with Crippen molar-refractivity contribution in [2.24, 2.45) is 11.3 Å². The maximum atomic E-state index is 12.2. The summed E-state index contributed by atoms with van der Waals surface area (Å²) < 4.78 is 0. The second-order valence-corrected chi connectivity index (χ2v) is 6.58. The fraction of sp³-hybridized carbons (Fsp3) is 0.857. The Morgan fingerprint density at radius 3 is 1.84 bits per heavy atom. The summed E-state index contributed by atoms with van der Waals surface area (Å²) in [7, 11) is 1.73. The van der Waals surface area contributed by atoms with Gasteiger partial charge in [0.15, 0.2) is 0 Å². The lowest BCUT2D eigenvalue weighted by Crippen LogP contribution is -2.60. The average Bonchev–Trinajstić information content (AvgIpc) is 2.25. The van der Waals surface area contributed by atoms with Crippen molar-refractivity contribution in [1.82, 2.24) is 10.2 Å². The number of nitrogens with one attached hydrogen (secondary N) is 1. The predicted octanol–water partition coefficient (Wildman–Crippen LogP) is 2.56. The van der Waals surface area contributed by atoms with Gasteiger partial charge in [-0.05, 0) is 40.5 Å². The standard InChI is InChI=1S/C14H28N2O3/c1-9(2)10(3)16(8)12(19)15-14(6,7)13(4,5)11(17)18/h9-10H,1-8H3,(H,15,19)(H,17,18). The Morgan fingerprint density at radius 2 is 1.53 bits per heavy atom. The van der Waals surface area contributed by atoms with E-state index in [4.69, 9.17) is 0 Å². The maximum Gasteiger partial charge on any atom is 0.317 e. The van der Waals surface area contributed by atoms with Gasteiger partial charge in [0, 0.05) is 13.1 Å². The van der Waals surface area contributed by atoms with Crippen molar-refractivity contribution < 1.29 is 14.7 Å². The van der Waals surface area contributed by atoms with Crippen LogP contribution >= 0.6 is 0 Å². The highest BCUT2D eigenvalue weighted by molar-refractivity contribution is 5.79. The van der Waals surface area contributed by atoms with Crippen LogP contribution in [0.15, 0.2) is 0 Å². The fourth-order valence-corrected chi connectivity index (χ4v) is 1.41. The van der Waals surface area contributed by atoms with Crippen molar-refractivity contribution in [3.63, 3.8) is 0 Å². The van der Waals surface area contributed by atoms with Crippen LogP contribution in [0.1, 0.15) is 48.5 Å². The van der Waals surface area contributed by atoms with Gasteiger partial charge in [0.2, 0.25) is 0 Å². The molecular formula is C14H28N2O3. The van der Waals surface area contributed by atoms with Crippen molar-refractivity contribution in [3.05, 3.63) is 0 Å². The van der Waals surface area contributed by atoms with Crippen molar-refractivity contribution in [2.45, 2.75) is 60.0 Å². The summed E-state index contributed by atoms with van der Waals surface area (Å²) in [6.45, 7) is 12.7. The molecule has 0 rings (SSSR count). The second-order valence-electron chi connectivity index (χ2n) is 6.58. The minimum absolute atomic E-state index is 0.0868. The lowest BCUT2D eigenvalue weighted by Gasteiger charge is -2.40. The summed E-state index contributed by atoms with van der Waals surface area (Å²) in [6, 6.07) is -0.163. The molecule has 0 aromatic rings. The highest BCUT2D eigenvalue weighted by atomic mass is 16.4. The van der Waals surface area contributed by atoms with Gasteiger partial charge in [-0.3, -0.25) is 4.79 Å². The van der Waals surface area contributed by atoms with Gasteiger partial charge in [-0.15, -0.1) is 0 Å². The Bertz CT molecular complexity index is 349. The highest BCUT2D eigenvalue weighted by Crippen LogP contribution is 2.31. The van der Waals surface area contributed by atoms with E-state index >= 15 is 0 Å². The van der Waals surface area contributed by atoms with Crippen molar-refractivity contribution >= 4 is 12.0 Å². The number of hydrogen-bond donors (Lipinski definition) is 2. The number of hydrogen-bond acceptors (Lipinski definition) is 2. The molecule has 2 amide bonds. The third kappa shape index (κ3) is 3.85. The molecule has 0 aromatic carbocycles. The van der Waals surface area contributed by atoms with E-state index in [2.05, 4.69) is 5.32 Å². The molecule has 0 fully saturated rings. The van der Waals surface area contributed by atoms with E-state index in [1.165, 1.54) is 0 Å². The predicted molar refractivity (Wildman–Crippen MR) is 76.1 cm³/mol. The number of carboxylic acid groups (broad SMARTS) is 1. The molecule has 0 heterocycles. The molecule has 2 N–H and O–H groups in total. The second kappa shape index (κ2) is 5.80. The van der Waals surface area contributed by atoms with Crippen LogP contribution in [-0.2, 0) is 4.79 Å². The highest BCUT2D eigenvalue weighted by Gasteiger charge is 2.45. The SMILES string of the molecule is CC(C)C(C)N(C)C(=O)NC(C)(C)C(C)(C)C(=O)O. The van der Waals surface area contributed by atoms with Gasteiger partial charge in [0.05, 0.1) is 11.0 Å². The van der Waals surface area contributed by atoms with Crippen LogP contribution in [-0.4, -0.2) is 40.6 Å². The first-order chi connectivity index (χ1) is 8.34. The first kappa shape index (κ1) is 17.7. The van der Waals surface area contributed by atoms with Gasteiger partial charge in [-0.1, -0.05) is 13.8 Å². The number of carboxylic acids is 1. The van der Waals surface area contributed by atoms with Gasteiger partial charge in [-0.2, -0.15) is 0 Å². The minimum Gasteiger partial charge on any atom is -0.481 e. The van der Waals surface area contributed by atoms with Crippen molar-refractivity contribution in [3.8, 4) is 0 Å². The summed E-state index contributed by atoms with van der Waals surface area (Å²) in [5, 5.41) is 12.1. The van der Waals surface area contributed by atoms with E-state index in [-0.39, 0.29) is 12.1 Å². The van der Waals surface area contributed by atoms with E-state index in [0.29, 0.717) is 5.92 Å². The van der Waals surface area contributed by atoms with Gasteiger partial charge in [0.1, 0.15) is 0 Å². The maximum absolute atomic E-state index is 12.2. The van der Waals surface area contributed by atoms with Crippen LogP contribution in [0, 0.1) is 11.3 Å². The number of nitrogens with zero attached hydrogens (tertiary/aromatic N) is 1. The molecule has 0 bridgehead atoms. The number of aliphatic carboxylic acids is 1. The van der Waals surface area contributed by atoms with E-state index in [9.17, 15) is 14.7 Å². The molecule has 0 aliphatic carbocycles. The average molecular weight is 272 g/mol. The van der Waals surface area contributed by atoms with Crippen LogP contribution in [0.5, 0.6) is 0 Å². The molecule has 5 heteroatoms. The lowest BCUT2D eigenvalue weighted by molar-refractivity contribution is -0.150. The van der Waals surface area contributed by atoms with Crippen molar-refractivity contribution in [2.75, 3.05) is 7.05 Å². The van der Waals surface area contributed by atoms with Gasteiger partial charge < -0.3 is 15.3 Å². The van der Waals surface area contributed by atoms with E-state index in [1.807, 2.05) is 20.8 Å². The van der Waals surface area contributed by atoms with Gasteiger partial charge >= 0.3 is 12.0 Å². The monoisotopic (exact) mass is 272 g/mol. The largest absolute Gasteiger partial charge is 0.481 e. The zero-order valence-corrected chi connectivity index (χ0v) is 13.4. The Labute approximate surface area is 116 Å². The van der Waals surface area contributed by atoms with Crippen LogP contribution in [0.25, 0.3) is 0 Å². The van der Waals surface area contributed by atoms with E-state index in [0.717, 1.165) is 0 Å². The first-order valence-corrected chi connectivity index (χ1v) is 6.63. The molecule has 19 heavy (non-hydrogen) atoms. The Morgan fingerprint density at radius 1 is 1.11 bits per heavy atom. The molecular weight excluding hydrogens is 244 g/mol. The number of rotatable bonds is 5. The quantitative estimate of drug-likeness (QED) is 0.808. The number of carbonyl (C=O) groups excluding carboxylic acids is 1. The zero-order chi connectivity index (χ0) is 15.6. The molecule has 0 saturated heterocycles. The van der Waals surface area contributed by atoms with Gasteiger partial charge in [0.25, 0.3) is 0 Å². The molecule has 5 nitrogen and oxygen atoms in total. The molecule has 0 aliphatic heterocycles. The van der Waals surface area contributed by atoms with Crippen molar-refractivity contribution in [1.29, 1.82) is 0 Å². The van der Waals surface area contributed by atoms with Crippen LogP contribution in [0.3, 0.4) is 0 Å². The molecule has 112 valence electrons. The molecule has 0 aliphatic rings. The number of amides is 2. The Kier molecular flexibility index (Phi) is 5.42. The lowest BCUT2D eigenvalue weighted by atomic mass is 9.74. The third-order valence-corrected chi connectivity index (χ3v) is 4.41. The fourth-order valence-electron chi connectivity index (χ4n) is 1.41. The third-order valence-electron chi connectivity index (χ3n) is 4.41. The van der Waals surface area contributed by atoms with Crippen LogP contribution in [0.2, 0.25) is 0 Å². The summed E-state index contributed by atoms with van der Waals surface area (Å²) in [5.74, 6) is -0.594. The van der Waals surface area contributed by atoms with E-state index in [1.54, 1.807) is 39.6 Å².